The predicted molar refractivity (Wildman–Crippen MR) is 83.8 cm³/mol. The molecule has 0 saturated carbocycles. The number of ether oxygens (including phenoxy) is 1. The fourth-order valence-corrected chi connectivity index (χ4v) is 2.46. The Morgan fingerprint density at radius 3 is 1.76 bits per heavy atom. The van der Waals surface area contributed by atoms with Crippen LogP contribution in [0.3, 0.4) is 0 Å². The van der Waals surface area contributed by atoms with Crippen molar-refractivity contribution in [2.24, 2.45) is 0 Å². The summed E-state index contributed by atoms with van der Waals surface area (Å²) in [4.78, 5) is 11.3. The first-order valence-corrected chi connectivity index (χ1v) is 6.91. The van der Waals surface area contributed by atoms with Crippen LogP contribution in [0.2, 0.25) is 0 Å². The molecule has 0 unspecified atom stereocenters. The molecule has 0 bridgehead atoms. The SMILES string of the molecule is CC(=O)Oc1ccc(C)c(C)c1-c1c(O)ccc(C)c1C.[Cl-].[Cl-].[Cl-].[Ti+3]. The van der Waals surface area contributed by atoms with E-state index in [0.29, 0.717) is 5.75 Å². The second kappa shape index (κ2) is 11.8. The van der Waals surface area contributed by atoms with Gasteiger partial charge in [-0.15, -0.1) is 0 Å². The summed E-state index contributed by atoms with van der Waals surface area (Å²) >= 11 is 0. The number of aromatic hydroxyl groups is 1. The molecule has 1 N–H and O–H groups in total. The summed E-state index contributed by atoms with van der Waals surface area (Å²) in [6, 6.07) is 7.25. The number of carbonyl (C=O) groups is 1. The second-order valence-electron chi connectivity index (χ2n) is 5.38. The van der Waals surface area contributed by atoms with Gasteiger partial charge < -0.3 is 47.1 Å². The maximum Gasteiger partial charge on any atom is 3.00 e. The molecule has 3 nitrogen and oxygen atoms in total. The van der Waals surface area contributed by atoms with E-state index >= 15 is 0 Å². The molecule has 0 atom stereocenters. The summed E-state index contributed by atoms with van der Waals surface area (Å²) in [5.74, 6) is 0.305. The fraction of sp³-hybridized carbons (Fsp3) is 0.278. The molecule has 0 fully saturated rings. The van der Waals surface area contributed by atoms with E-state index in [2.05, 4.69) is 0 Å². The number of phenols is 1. The molecule has 0 aliphatic rings. The smallest absolute Gasteiger partial charge is 1.00 e. The molecule has 2 aromatic carbocycles. The van der Waals surface area contributed by atoms with Crippen LogP contribution in [0.4, 0.5) is 0 Å². The first-order chi connectivity index (χ1) is 9.82. The zero-order valence-electron chi connectivity index (χ0n) is 14.7. The van der Waals surface area contributed by atoms with Crippen LogP contribution >= 0.6 is 0 Å². The van der Waals surface area contributed by atoms with Gasteiger partial charge in [-0.25, -0.2) is 0 Å². The van der Waals surface area contributed by atoms with Gasteiger partial charge in [-0.05, 0) is 62.1 Å². The molecule has 1 radical (unpaired) electrons. The van der Waals surface area contributed by atoms with Gasteiger partial charge in [0.15, 0.2) is 0 Å². The van der Waals surface area contributed by atoms with E-state index in [1.807, 2.05) is 39.8 Å². The molecule has 0 amide bonds. The predicted octanol–water partition coefficient (Wildman–Crippen LogP) is -4.77. The number of halogens is 3. The maximum atomic E-state index is 11.3. The minimum Gasteiger partial charge on any atom is -1.00 e. The van der Waals surface area contributed by atoms with E-state index in [0.717, 1.165) is 33.4 Å². The van der Waals surface area contributed by atoms with E-state index < -0.39 is 0 Å². The molecule has 25 heavy (non-hydrogen) atoms. The molecule has 2 aromatic rings. The summed E-state index contributed by atoms with van der Waals surface area (Å²) in [6.45, 7) is 9.30. The maximum absolute atomic E-state index is 11.3. The minimum absolute atomic E-state index is 0. The Balaban J connectivity index is -0.00000121. The topological polar surface area (TPSA) is 46.5 Å². The zero-order valence-corrected chi connectivity index (χ0v) is 18.5. The molecule has 0 aliphatic heterocycles. The first kappa shape index (κ1) is 29.1. The molecule has 0 aliphatic carbocycles. The van der Waals surface area contributed by atoms with Gasteiger partial charge in [0.2, 0.25) is 0 Å². The summed E-state index contributed by atoms with van der Waals surface area (Å²) in [7, 11) is 0. The van der Waals surface area contributed by atoms with Crippen LogP contribution in [-0.2, 0) is 26.5 Å². The number of hydrogen-bond acceptors (Lipinski definition) is 3. The second-order valence-corrected chi connectivity index (χ2v) is 5.38. The van der Waals surface area contributed by atoms with Gasteiger partial charge in [0.25, 0.3) is 0 Å². The summed E-state index contributed by atoms with van der Waals surface area (Å²) < 4.78 is 5.34. The number of aryl methyl sites for hydroxylation is 2. The van der Waals surface area contributed by atoms with Crippen molar-refractivity contribution in [3.8, 4) is 22.6 Å². The number of rotatable bonds is 2. The average molecular weight is 439 g/mol. The Kier molecular flexibility index (Phi) is 13.7. The Morgan fingerprint density at radius 1 is 0.840 bits per heavy atom. The molecule has 0 heterocycles. The third-order valence-electron chi connectivity index (χ3n) is 3.92. The van der Waals surface area contributed by atoms with Crippen molar-refractivity contribution >= 4 is 5.97 Å². The van der Waals surface area contributed by atoms with Crippen LogP contribution in [0.1, 0.15) is 29.2 Å². The molecule has 135 valence electrons. The fourth-order valence-electron chi connectivity index (χ4n) is 2.46. The van der Waals surface area contributed by atoms with Crippen LogP contribution in [-0.4, -0.2) is 11.1 Å². The van der Waals surface area contributed by atoms with Gasteiger partial charge in [-0.1, -0.05) is 12.1 Å². The third-order valence-corrected chi connectivity index (χ3v) is 3.92. The van der Waals surface area contributed by atoms with Gasteiger partial charge in [0.1, 0.15) is 11.5 Å². The van der Waals surface area contributed by atoms with Gasteiger partial charge in [-0.3, -0.25) is 4.79 Å². The molecular formula is C18H20Cl3O3Ti. The molecule has 0 spiro atoms. The number of carbonyl (C=O) groups excluding carboxylic acids is 1. The van der Waals surface area contributed by atoms with Gasteiger partial charge >= 0.3 is 27.7 Å². The Hall–Kier alpha value is -0.706. The van der Waals surface area contributed by atoms with E-state index in [1.165, 1.54) is 6.92 Å². The van der Waals surface area contributed by atoms with Gasteiger partial charge in [0.05, 0.1) is 0 Å². The van der Waals surface area contributed by atoms with Crippen molar-refractivity contribution in [2.45, 2.75) is 34.6 Å². The van der Waals surface area contributed by atoms with Gasteiger partial charge in [-0.2, -0.15) is 0 Å². The molecule has 2 rings (SSSR count). The van der Waals surface area contributed by atoms with E-state index in [4.69, 9.17) is 4.74 Å². The van der Waals surface area contributed by atoms with Crippen LogP contribution in [0.5, 0.6) is 11.5 Å². The van der Waals surface area contributed by atoms with E-state index in [-0.39, 0.29) is 70.7 Å². The standard InChI is InChI=1S/C18H20O3.3ClH.Ti/c1-10-6-8-15(20)17(12(10)3)18-13(4)11(2)7-9-16(18)21-14(5)19;;;;/h6-9,20H,1-5H3;3*1H;/q;;;;+3/p-3. The largest absolute Gasteiger partial charge is 3.00 e. The third kappa shape index (κ3) is 6.19. The van der Waals surface area contributed by atoms with Crippen molar-refractivity contribution < 1.29 is 73.6 Å². The van der Waals surface area contributed by atoms with E-state index in [9.17, 15) is 9.90 Å². The molecule has 0 aromatic heterocycles. The minimum atomic E-state index is -0.371. The van der Waals surface area contributed by atoms with Gasteiger partial charge in [0, 0.05) is 18.1 Å². The van der Waals surface area contributed by atoms with Crippen LogP contribution < -0.4 is 42.0 Å². The normalized spacial score (nSPS) is 8.84. The first-order valence-electron chi connectivity index (χ1n) is 6.91. The number of hydrogen-bond donors (Lipinski definition) is 1. The average Bonchev–Trinajstić information content (AvgIpc) is 2.41. The Morgan fingerprint density at radius 2 is 1.28 bits per heavy atom. The number of benzene rings is 2. The summed E-state index contributed by atoms with van der Waals surface area (Å²) in [5, 5.41) is 10.3. The number of esters is 1. The van der Waals surface area contributed by atoms with Crippen LogP contribution in [0.25, 0.3) is 11.1 Å². The van der Waals surface area contributed by atoms with Crippen molar-refractivity contribution in [1.82, 2.24) is 0 Å². The number of phenolic OH excluding ortho intramolecular Hbond substituents is 1. The molecular weight excluding hydrogens is 418 g/mol. The van der Waals surface area contributed by atoms with Crippen molar-refractivity contribution in [3.05, 3.63) is 46.5 Å². The summed E-state index contributed by atoms with van der Waals surface area (Å²) in [6.07, 6.45) is 0. The zero-order chi connectivity index (χ0) is 15.7. The van der Waals surface area contributed by atoms with Crippen molar-refractivity contribution in [3.63, 3.8) is 0 Å². The monoisotopic (exact) mass is 437 g/mol. The van der Waals surface area contributed by atoms with Crippen LogP contribution in [0.15, 0.2) is 24.3 Å². The Bertz CT molecular complexity index is 734. The molecule has 0 saturated heterocycles. The van der Waals surface area contributed by atoms with Crippen molar-refractivity contribution in [2.75, 3.05) is 0 Å². The Labute approximate surface area is 182 Å². The van der Waals surface area contributed by atoms with Crippen LogP contribution in [0, 0.1) is 27.7 Å². The quantitative estimate of drug-likeness (QED) is 0.291. The van der Waals surface area contributed by atoms with E-state index in [1.54, 1.807) is 12.1 Å². The molecule has 7 heteroatoms. The van der Waals surface area contributed by atoms with Crippen molar-refractivity contribution in [1.29, 1.82) is 0 Å². The summed E-state index contributed by atoms with van der Waals surface area (Å²) in [5.41, 5.74) is 5.66.